The molecular formula is C15H17FN2O5S. The van der Waals surface area contributed by atoms with Crippen LogP contribution in [0.1, 0.15) is 18.4 Å². The smallest absolute Gasteiger partial charge is 0.417 e. The van der Waals surface area contributed by atoms with Gasteiger partial charge in [-0.25, -0.2) is 26.8 Å². The van der Waals surface area contributed by atoms with Crippen molar-refractivity contribution in [2.24, 2.45) is 0 Å². The molecule has 1 aromatic rings. The predicted octanol–water partition coefficient (Wildman–Crippen LogP) is 1.10. The van der Waals surface area contributed by atoms with E-state index in [0.29, 0.717) is 12.8 Å². The molecule has 0 N–H and O–H groups in total. The summed E-state index contributed by atoms with van der Waals surface area (Å²) in [6, 6.07) is 5.40. The van der Waals surface area contributed by atoms with Gasteiger partial charge in [0, 0.05) is 24.7 Å². The standard InChI is InChI=1S/C15H17FN2O5S/c16-13-4-2-1-3-11(13)10-24(21,22)17-7-5-12(6-8-17)18-14(19)9-23-15(18)20/h1-4,12H,5-10H2. The molecule has 0 unspecified atom stereocenters. The molecule has 2 aliphatic heterocycles. The second-order valence-electron chi connectivity index (χ2n) is 5.80. The molecule has 2 amide bonds. The Hall–Kier alpha value is -2.00. The lowest BCUT2D eigenvalue weighted by Gasteiger charge is -2.34. The number of carbonyl (C=O) groups excluding carboxylic acids is 2. The number of benzene rings is 1. The predicted molar refractivity (Wildman–Crippen MR) is 81.8 cm³/mol. The summed E-state index contributed by atoms with van der Waals surface area (Å²) in [7, 11) is -3.66. The van der Waals surface area contributed by atoms with E-state index in [2.05, 4.69) is 4.74 Å². The Balaban J connectivity index is 1.64. The number of hydrogen-bond acceptors (Lipinski definition) is 5. The van der Waals surface area contributed by atoms with Crippen LogP contribution in [-0.2, 0) is 25.3 Å². The molecular weight excluding hydrogens is 339 g/mol. The summed E-state index contributed by atoms with van der Waals surface area (Å²) in [4.78, 5) is 24.3. The minimum atomic E-state index is -3.66. The highest BCUT2D eigenvalue weighted by Crippen LogP contribution is 2.24. The quantitative estimate of drug-likeness (QED) is 0.807. The van der Waals surface area contributed by atoms with Crippen LogP contribution >= 0.6 is 0 Å². The number of piperidine rings is 1. The molecule has 7 nitrogen and oxygen atoms in total. The maximum Gasteiger partial charge on any atom is 0.417 e. The highest BCUT2D eigenvalue weighted by Gasteiger charge is 2.40. The van der Waals surface area contributed by atoms with Crippen molar-refractivity contribution in [2.45, 2.75) is 24.6 Å². The number of sulfonamides is 1. The zero-order chi connectivity index (χ0) is 17.3. The van der Waals surface area contributed by atoms with E-state index in [0.717, 1.165) is 4.90 Å². The van der Waals surface area contributed by atoms with Crippen LogP contribution < -0.4 is 0 Å². The molecule has 130 valence electrons. The van der Waals surface area contributed by atoms with E-state index in [-0.39, 0.29) is 31.3 Å². The fourth-order valence-corrected chi connectivity index (χ4v) is 4.58. The maximum absolute atomic E-state index is 13.7. The molecule has 24 heavy (non-hydrogen) atoms. The number of rotatable bonds is 4. The molecule has 9 heteroatoms. The van der Waals surface area contributed by atoms with Gasteiger partial charge in [-0.2, -0.15) is 0 Å². The third-order valence-electron chi connectivity index (χ3n) is 4.26. The summed E-state index contributed by atoms with van der Waals surface area (Å²) in [6.45, 7) is 0.0989. The minimum absolute atomic E-state index is 0.123. The first-order chi connectivity index (χ1) is 11.4. The van der Waals surface area contributed by atoms with E-state index < -0.39 is 33.6 Å². The van der Waals surface area contributed by atoms with Crippen molar-refractivity contribution in [2.75, 3.05) is 19.7 Å². The van der Waals surface area contributed by atoms with Crippen LogP contribution in [0.25, 0.3) is 0 Å². The summed E-state index contributed by atoms with van der Waals surface area (Å²) in [5.41, 5.74) is 0.123. The van der Waals surface area contributed by atoms with Crippen LogP contribution in [0.15, 0.2) is 24.3 Å². The molecule has 0 aromatic heterocycles. The highest BCUT2D eigenvalue weighted by molar-refractivity contribution is 7.88. The van der Waals surface area contributed by atoms with Crippen molar-refractivity contribution in [3.8, 4) is 0 Å². The third kappa shape index (κ3) is 3.27. The Morgan fingerprint density at radius 1 is 1.17 bits per heavy atom. The summed E-state index contributed by atoms with van der Waals surface area (Å²) in [6.07, 6.45) is 0.0157. The van der Waals surface area contributed by atoms with Gasteiger partial charge in [0.25, 0.3) is 5.91 Å². The lowest BCUT2D eigenvalue weighted by atomic mass is 10.1. The molecule has 2 heterocycles. The Morgan fingerprint density at radius 3 is 2.42 bits per heavy atom. The van der Waals surface area contributed by atoms with Gasteiger partial charge in [0.15, 0.2) is 6.61 Å². The van der Waals surface area contributed by atoms with Crippen LogP contribution in [0.2, 0.25) is 0 Å². The minimum Gasteiger partial charge on any atom is -0.439 e. The number of ether oxygens (including phenoxy) is 1. The molecule has 2 aliphatic rings. The Kier molecular flexibility index (Phi) is 4.55. The Morgan fingerprint density at radius 2 is 1.83 bits per heavy atom. The third-order valence-corrected chi connectivity index (χ3v) is 6.09. The van der Waals surface area contributed by atoms with Crippen molar-refractivity contribution in [3.05, 3.63) is 35.6 Å². The van der Waals surface area contributed by atoms with Crippen LogP contribution in [0.5, 0.6) is 0 Å². The molecule has 0 aliphatic carbocycles. The van der Waals surface area contributed by atoms with Crippen molar-refractivity contribution in [3.63, 3.8) is 0 Å². The van der Waals surface area contributed by atoms with Gasteiger partial charge in [-0.05, 0) is 18.9 Å². The van der Waals surface area contributed by atoms with Gasteiger partial charge in [-0.15, -0.1) is 0 Å². The van der Waals surface area contributed by atoms with E-state index >= 15 is 0 Å². The molecule has 0 saturated carbocycles. The van der Waals surface area contributed by atoms with E-state index in [1.807, 2.05) is 0 Å². The average molecular weight is 356 g/mol. The normalized spacial score (nSPS) is 20.5. The van der Waals surface area contributed by atoms with Crippen molar-refractivity contribution in [1.82, 2.24) is 9.21 Å². The number of cyclic esters (lactones) is 1. The van der Waals surface area contributed by atoms with E-state index in [1.54, 1.807) is 6.07 Å². The van der Waals surface area contributed by atoms with Crippen molar-refractivity contribution >= 4 is 22.0 Å². The summed E-state index contributed by atoms with van der Waals surface area (Å²) in [5, 5.41) is 0. The van der Waals surface area contributed by atoms with Crippen LogP contribution in [0.3, 0.4) is 0 Å². The topological polar surface area (TPSA) is 84.0 Å². The Labute approximate surface area is 139 Å². The van der Waals surface area contributed by atoms with E-state index in [1.165, 1.54) is 22.5 Å². The second-order valence-corrected chi connectivity index (χ2v) is 7.77. The molecule has 0 bridgehead atoms. The summed E-state index contributed by atoms with van der Waals surface area (Å²) >= 11 is 0. The van der Waals surface area contributed by atoms with Gasteiger partial charge in [0.2, 0.25) is 10.0 Å². The van der Waals surface area contributed by atoms with Crippen molar-refractivity contribution < 1.29 is 27.1 Å². The molecule has 0 atom stereocenters. The fourth-order valence-electron chi connectivity index (χ4n) is 3.00. The molecule has 2 fully saturated rings. The zero-order valence-corrected chi connectivity index (χ0v) is 13.7. The lowest BCUT2D eigenvalue weighted by Crippen LogP contribution is -2.48. The molecule has 0 spiro atoms. The van der Waals surface area contributed by atoms with E-state index in [9.17, 15) is 22.4 Å². The first-order valence-electron chi connectivity index (χ1n) is 7.58. The fraction of sp³-hybridized carbons (Fsp3) is 0.467. The van der Waals surface area contributed by atoms with Crippen LogP contribution in [0.4, 0.5) is 9.18 Å². The van der Waals surface area contributed by atoms with Gasteiger partial charge in [-0.1, -0.05) is 18.2 Å². The number of nitrogens with zero attached hydrogens (tertiary/aromatic N) is 2. The van der Waals surface area contributed by atoms with Gasteiger partial charge in [0.05, 0.1) is 5.75 Å². The number of hydrogen-bond donors (Lipinski definition) is 0. The number of imide groups is 1. The number of halogens is 1. The lowest BCUT2D eigenvalue weighted by molar-refractivity contribution is -0.127. The molecule has 2 saturated heterocycles. The van der Waals surface area contributed by atoms with Crippen molar-refractivity contribution in [1.29, 1.82) is 0 Å². The van der Waals surface area contributed by atoms with Crippen LogP contribution in [-0.4, -0.2) is 55.4 Å². The van der Waals surface area contributed by atoms with Gasteiger partial charge >= 0.3 is 6.09 Å². The molecule has 1 aromatic carbocycles. The van der Waals surface area contributed by atoms with Crippen LogP contribution in [0, 0.1) is 5.82 Å². The summed E-state index contributed by atoms with van der Waals surface area (Å²) < 4.78 is 44.5. The maximum atomic E-state index is 13.7. The second kappa shape index (κ2) is 6.48. The highest BCUT2D eigenvalue weighted by atomic mass is 32.2. The number of amides is 2. The monoisotopic (exact) mass is 356 g/mol. The van der Waals surface area contributed by atoms with E-state index in [4.69, 9.17) is 0 Å². The largest absolute Gasteiger partial charge is 0.439 e. The number of carbonyl (C=O) groups is 2. The molecule has 0 radical (unpaired) electrons. The van der Waals surface area contributed by atoms with Gasteiger partial charge in [-0.3, -0.25) is 4.79 Å². The first kappa shape index (κ1) is 16.8. The van der Waals surface area contributed by atoms with Gasteiger partial charge < -0.3 is 4.74 Å². The SMILES string of the molecule is O=C1COC(=O)N1C1CCN(S(=O)(=O)Cc2ccccc2F)CC1. The molecule has 3 rings (SSSR count). The van der Waals surface area contributed by atoms with Gasteiger partial charge in [0.1, 0.15) is 5.82 Å². The zero-order valence-electron chi connectivity index (χ0n) is 12.9. The Bertz CT molecular complexity index is 743. The average Bonchev–Trinajstić information content (AvgIpc) is 2.88. The first-order valence-corrected chi connectivity index (χ1v) is 9.19. The summed E-state index contributed by atoms with van der Waals surface area (Å²) in [5.74, 6) is -1.36.